The lowest BCUT2D eigenvalue weighted by Gasteiger charge is -2.34. The lowest BCUT2D eigenvalue weighted by Crippen LogP contribution is -2.54. The van der Waals surface area contributed by atoms with Crippen LogP contribution in [0.2, 0.25) is 0 Å². The molecule has 41 heavy (non-hydrogen) atoms. The fourth-order valence-corrected chi connectivity index (χ4v) is 6.38. The Morgan fingerprint density at radius 1 is 1.02 bits per heavy atom. The van der Waals surface area contributed by atoms with Crippen molar-refractivity contribution in [1.82, 2.24) is 9.80 Å². The summed E-state index contributed by atoms with van der Waals surface area (Å²) >= 11 is 10.4. The average molecular weight is 755 g/mol. The van der Waals surface area contributed by atoms with Crippen molar-refractivity contribution in [2.45, 2.75) is 31.5 Å². The third-order valence-corrected chi connectivity index (χ3v) is 8.53. The summed E-state index contributed by atoms with van der Waals surface area (Å²) < 4.78 is 18.1. The summed E-state index contributed by atoms with van der Waals surface area (Å²) in [5, 5.41) is 10.7. The molecule has 0 saturated carbocycles. The summed E-state index contributed by atoms with van der Waals surface area (Å²) in [5.41, 5.74) is 2.07. The molecule has 2 aliphatic rings. The number of benzene rings is 3. The highest BCUT2D eigenvalue weighted by molar-refractivity contribution is 9.11. The van der Waals surface area contributed by atoms with Crippen LogP contribution in [0.25, 0.3) is 0 Å². The highest BCUT2D eigenvalue weighted by Gasteiger charge is 2.37. The molecule has 0 radical (unpaired) electrons. The number of nitrogens with zero attached hydrogens (tertiary/aromatic N) is 2. The van der Waals surface area contributed by atoms with E-state index in [1.165, 1.54) is 31.0 Å². The number of hydrogen-bond donors (Lipinski definition) is 1. The Labute approximate surface area is 262 Å². The number of carbonyl (C=O) groups excluding carboxylic acids is 3. The first kappa shape index (κ1) is 30.9. The van der Waals surface area contributed by atoms with E-state index in [1.807, 2.05) is 30.3 Å². The van der Waals surface area contributed by atoms with E-state index in [2.05, 4.69) is 47.8 Å². The number of ether oxygens (including phenoxy) is 3. The van der Waals surface area contributed by atoms with E-state index in [1.54, 1.807) is 24.3 Å². The van der Waals surface area contributed by atoms with Crippen LogP contribution in [0.4, 0.5) is 4.79 Å². The maximum atomic E-state index is 14.1. The van der Waals surface area contributed by atoms with E-state index in [0.717, 1.165) is 5.56 Å². The maximum absolute atomic E-state index is 14.1. The molecule has 0 saturated heterocycles. The minimum Gasteiger partial charge on any atom is -0.503 e. The Balaban J connectivity index is 1.78. The minimum absolute atomic E-state index is 0.0215. The van der Waals surface area contributed by atoms with Gasteiger partial charge in [-0.05, 0) is 88.7 Å². The molecular weight excluding hydrogens is 728 g/mol. The van der Waals surface area contributed by atoms with Gasteiger partial charge in [0.05, 0.1) is 20.5 Å². The zero-order chi connectivity index (χ0) is 29.8. The van der Waals surface area contributed by atoms with Crippen LogP contribution in [0.5, 0.6) is 17.2 Å². The van der Waals surface area contributed by atoms with Crippen LogP contribution in [0.15, 0.2) is 68.0 Å². The van der Waals surface area contributed by atoms with Gasteiger partial charge in [0.1, 0.15) is 18.7 Å². The van der Waals surface area contributed by atoms with E-state index in [0.29, 0.717) is 30.3 Å². The van der Waals surface area contributed by atoms with Gasteiger partial charge in [0.15, 0.2) is 17.2 Å². The van der Waals surface area contributed by atoms with Crippen molar-refractivity contribution < 1.29 is 33.7 Å². The first-order chi connectivity index (χ1) is 19.5. The molecule has 0 spiro atoms. The predicted molar refractivity (Wildman–Crippen MR) is 162 cm³/mol. The summed E-state index contributed by atoms with van der Waals surface area (Å²) in [6.45, 7) is 0.0215. The van der Waals surface area contributed by atoms with Crippen LogP contribution in [0, 0.1) is 0 Å². The number of amides is 2. The molecule has 0 fully saturated rings. The predicted octanol–water partition coefficient (Wildman–Crippen LogP) is 6.21. The summed E-state index contributed by atoms with van der Waals surface area (Å²) in [6.07, 6.45) is -0.555. The number of carbonyl (C=O) groups is 3. The van der Waals surface area contributed by atoms with Crippen molar-refractivity contribution in [1.29, 1.82) is 0 Å². The lowest BCUT2D eigenvalue weighted by atomic mass is 10.00. The van der Waals surface area contributed by atoms with Gasteiger partial charge in [-0.25, -0.2) is 9.59 Å². The van der Waals surface area contributed by atoms with Gasteiger partial charge < -0.3 is 24.2 Å². The van der Waals surface area contributed by atoms with Crippen molar-refractivity contribution in [3.8, 4) is 17.2 Å². The van der Waals surface area contributed by atoms with Gasteiger partial charge in [-0.15, -0.1) is 0 Å². The number of hydrogen-bond acceptors (Lipinski definition) is 7. The summed E-state index contributed by atoms with van der Waals surface area (Å²) in [6, 6.07) is 13.9. The highest BCUT2D eigenvalue weighted by atomic mass is 79.9. The van der Waals surface area contributed by atoms with E-state index in [4.69, 9.17) is 14.2 Å². The molecule has 216 valence electrons. The van der Waals surface area contributed by atoms with Gasteiger partial charge in [-0.1, -0.05) is 30.3 Å². The Morgan fingerprint density at radius 2 is 1.63 bits per heavy atom. The topological polar surface area (TPSA) is 106 Å². The van der Waals surface area contributed by atoms with Crippen molar-refractivity contribution in [2.75, 3.05) is 21.2 Å². The summed E-state index contributed by atoms with van der Waals surface area (Å²) in [7, 11) is 4.24. The van der Waals surface area contributed by atoms with Gasteiger partial charge in [-0.3, -0.25) is 9.69 Å². The smallest absolute Gasteiger partial charge is 0.410 e. The van der Waals surface area contributed by atoms with Crippen LogP contribution >= 0.6 is 47.8 Å². The number of phenolic OH excluding ortho intramolecular Hbond substituents is 1. The van der Waals surface area contributed by atoms with Gasteiger partial charge in [0.2, 0.25) is 5.91 Å². The number of rotatable bonds is 4. The van der Waals surface area contributed by atoms with Crippen molar-refractivity contribution in [3.05, 3.63) is 84.7 Å². The minimum atomic E-state index is -1.07. The number of likely N-dealkylation sites (N-methyl/N-ethyl adjacent to an activating group) is 2. The third-order valence-electron chi connectivity index (χ3n) is 6.75. The Hall–Kier alpha value is -3.09. The van der Waals surface area contributed by atoms with Crippen LogP contribution in [0.1, 0.15) is 16.7 Å². The second-order valence-corrected chi connectivity index (χ2v) is 12.0. The highest BCUT2D eigenvalue weighted by Crippen LogP contribution is 2.44. The molecule has 12 heteroatoms. The van der Waals surface area contributed by atoms with Crippen LogP contribution in [0.3, 0.4) is 0 Å². The second kappa shape index (κ2) is 13.3. The number of phenols is 1. The van der Waals surface area contributed by atoms with Gasteiger partial charge >= 0.3 is 12.1 Å². The molecule has 0 unspecified atom stereocenters. The molecule has 3 aromatic rings. The average Bonchev–Trinajstić information content (AvgIpc) is 2.96. The number of esters is 1. The summed E-state index contributed by atoms with van der Waals surface area (Å²) in [4.78, 5) is 42.7. The molecule has 0 aliphatic carbocycles. The quantitative estimate of drug-likeness (QED) is 0.316. The van der Waals surface area contributed by atoms with Crippen molar-refractivity contribution in [3.63, 3.8) is 0 Å². The second-order valence-electron chi connectivity index (χ2n) is 9.48. The number of aromatic hydroxyl groups is 1. The van der Waals surface area contributed by atoms with Crippen molar-refractivity contribution >= 4 is 65.8 Å². The molecule has 2 atom stereocenters. The molecule has 2 heterocycles. The monoisotopic (exact) mass is 752 g/mol. The third kappa shape index (κ3) is 7.04. The maximum Gasteiger partial charge on any atom is 0.410 e. The van der Waals surface area contributed by atoms with E-state index in [9.17, 15) is 19.5 Å². The molecule has 1 N–H and O–H groups in total. The molecule has 2 amide bonds. The fraction of sp³-hybridized carbons (Fsp3) is 0.276. The molecule has 4 bridgehead atoms. The van der Waals surface area contributed by atoms with Crippen LogP contribution in [-0.4, -0.2) is 66.2 Å². The number of fused-ring (bicyclic) bond motifs is 7. The molecule has 9 nitrogen and oxygen atoms in total. The Kier molecular flexibility index (Phi) is 9.98. The molecule has 5 rings (SSSR count). The molecular formula is C29H27Br3N2O7. The summed E-state index contributed by atoms with van der Waals surface area (Å²) in [5.74, 6) is -0.699. The zero-order valence-corrected chi connectivity index (χ0v) is 27.2. The first-order valence-electron chi connectivity index (χ1n) is 12.4. The SMILES string of the molecule is COC(=O)[C@@H]1Cc2cc(Br)c(c(Br)c2)Oc2cc(cc(Br)c2O)C[C@H](N(C)C(=O)OCc2ccccc2)C(=O)N1C. The lowest BCUT2D eigenvalue weighted by molar-refractivity contribution is -0.153. The Morgan fingerprint density at radius 3 is 2.27 bits per heavy atom. The molecule has 3 aromatic carbocycles. The number of halogens is 3. The van der Waals surface area contributed by atoms with Crippen LogP contribution < -0.4 is 4.74 Å². The first-order valence-corrected chi connectivity index (χ1v) is 14.8. The largest absolute Gasteiger partial charge is 0.503 e. The van der Waals surface area contributed by atoms with E-state index < -0.39 is 30.1 Å². The zero-order valence-electron chi connectivity index (χ0n) is 22.4. The van der Waals surface area contributed by atoms with Gasteiger partial charge in [0.25, 0.3) is 0 Å². The number of methoxy groups -OCH3 is 1. The standard InChI is InChI=1S/C29H27Br3N2O7/c1-33-23(28(37)39-3)13-17-10-20(31)26(21(32)11-17)41-24-14-18(9-19(30)25(24)35)12-22(27(33)36)34(2)29(38)40-15-16-7-5-4-6-8-16/h4-11,14,22-23,35H,12-13,15H2,1-3H3/t22-,23-/m0/s1. The van der Waals surface area contributed by atoms with Crippen molar-refractivity contribution in [2.24, 2.45) is 0 Å². The van der Waals surface area contributed by atoms with E-state index >= 15 is 0 Å². The van der Waals surface area contributed by atoms with Crippen LogP contribution in [-0.2, 0) is 38.5 Å². The van der Waals surface area contributed by atoms with Gasteiger partial charge in [-0.2, -0.15) is 0 Å². The molecule has 0 aromatic heterocycles. The fourth-order valence-electron chi connectivity index (χ4n) is 4.45. The van der Waals surface area contributed by atoms with E-state index in [-0.39, 0.29) is 30.9 Å². The Bertz CT molecular complexity index is 1450. The normalized spacial score (nSPS) is 16.9. The molecule has 2 aliphatic heterocycles. The van der Waals surface area contributed by atoms with Gasteiger partial charge in [0, 0.05) is 26.9 Å².